The number of nitrogens with two attached hydrogens (primary N) is 1. The van der Waals surface area contributed by atoms with Crippen LogP contribution >= 0.6 is 0 Å². The number of hydrogen-bond donors (Lipinski definition) is 3. The third-order valence-electron chi connectivity index (χ3n) is 1.46. The summed E-state index contributed by atoms with van der Waals surface area (Å²) in [4.78, 5) is 4.03. The Morgan fingerprint density at radius 1 is 1.47 bits per heavy atom. The van der Waals surface area contributed by atoms with Crippen LogP contribution in [0.15, 0.2) is 4.99 Å². The molecule has 0 bridgehead atoms. The number of sulfonamides is 1. The average Bonchev–Trinajstić information content (AvgIpc) is 1.97. The van der Waals surface area contributed by atoms with Crippen molar-refractivity contribution >= 4 is 16.0 Å². The molecule has 15 heavy (non-hydrogen) atoms. The predicted octanol–water partition coefficient (Wildman–Crippen LogP) is -0.762. The Labute approximate surface area is 91.4 Å². The van der Waals surface area contributed by atoms with Gasteiger partial charge in [0, 0.05) is 12.1 Å². The van der Waals surface area contributed by atoms with Gasteiger partial charge in [-0.3, -0.25) is 4.99 Å². The van der Waals surface area contributed by atoms with Crippen molar-refractivity contribution in [2.24, 2.45) is 10.7 Å². The van der Waals surface area contributed by atoms with Crippen LogP contribution in [0.3, 0.4) is 0 Å². The number of rotatable bonds is 5. The van der Waals surface area contributed by atoms with Gasteiger partial charge in [0.05, 0.1) is 12.8 Å². The van der Waals surface area contributed by atoms with E-state index in [0.717, 1.165) is 6.26 Å². The van der Waals surface area contributed by atoms with E-state index in [1.807, 2.05) is 6.92 Å². The second-order valence-corrected chi connectivity index (χ2v) is 5.74. The Morgan fingerprint density at radius 2 is 2.00 bits per heavy atom. The van der Waals surface area contributed by atoms with E-state index in [0.29, 0.717) is 19.0 Å². The second kappa shape index (κ2) is 5.32. The zero-order chi connectivity index (χ0) is 12.1. The van der Waals surface area contributed by atoms with Gasteiger partial charge in [-0.05, 0) is 20.8 Å². The Hall–Kier alpha value is -0.820. The van der Waals surface area contributed by atoms with Crippen molar-refractivity contribution < 1.29 is 8.42 Å². The van der Waals surface area contributed by atoms with Crippen LogP contribution < -0.4 is 15.8 Å². The minimum Gasteiger partial charge on any atom is -0.370 e. The number of hydrogen-bond acceptors (Lipinski definition) is 3. The van der Waals surface area contributed by atoms with E-state index < -0.39 is 15.6 Å². The van der Waals surface area contributed by atoms with Gasteiger partial charge in [-0.2, -0.15) is 0 Å². The maximum Gasteiger partial charge on any atom is 0.209 e. The van der Waals surface area contributed by atoms with Gasteiger partial charge in [-0.25, -0.2) is 13.1 Å². The highest BCUT2D eigenvalue weighted by atomic mass is 32.2. The van der Waals surface area contributed by atoms with Gasteiger partial charge >= 0.3 is 0 Å². The fourth-order valence-corrected chi connectivity index (χ4v) is 2.12. The third kappa shape index (κ3) is 8.19. The minimum absolute atomic E-state index is 0.291. The highest BCUT2D eigenvalue weighted by Gasteiger charge is 2.21. The molecule has 0 aromatic carbocycles. The molecule has 0 saturated heterocycles. The first-order valence-electron chi connectivity index (χ1n) is 4.69. The topological polar surface area (TPSA) is 96.6 Å². The first kappa shape index (κ1) is 14.2. The van der Waals surface area contributed by atoms with Crippen LogP contribution in [0.1, 0.15) is 20.8 Å². The van der Waals surface area contributed by atoms with Crippen molar-refractivity contribution in [1.82, 2.24) is 10.0 Å². The monoisotopic (exact) mass is 236 g/mol. The summed E-state index contributed by atoms with van der Waals surface area (Å²) in [7, 11) is -3.22. The second-order valence-electron chi connectivity index (χ2n) is 3.99. The minimum atomic E-state index is -3.22. The normalized spacial score (nSPS) is 14.0. The number of aliphatic imine (C=N–C) groups is 1. The molecule has 0 radical (unpaired) electrons. The van der Waals surface area contributed by atoms with E-state index in [4.69, 9.17) is 5.73 Å². The molecule has 0 aromatic rings. The molecule has 0 unspecified atom stereocenters. The Balaban J connectivity index is 4.33. The fourth-order valence-electron chi connectivity index (χ4n) is 1.05. The van der Waals surface area contributed by atoms with Gasteiger partial charge in [-0.15, -0.1) is 0 Å². The quantitative estimate of drug-likeness (QED) is 0.432. The molecular formula is C8H20N4O2S. The van der Waals surface area contributed by atoms with Crippen LogP contribution in [0.5, 0.6) is 0 Å². The summed E-state index contributed by atoms with van der Waals surface area (Å²) < 4.78 is 24.5. The molecule has 4 N–H and O–H groups in total. The van der Waals surface area contributed by atoms with Crippen molar-refractivity contribution in [1.29, 1.82) is 0 Å². The predicted molar refractivity (Wildman–Crippen MR) is 62.2 cm³/mol. The van der Waals surface area contributed by atoms with E-state index in [-0.39, 0.29) is 0 Å². The molecule has 0 saturated carbocycles. The zero-order valence-corrected chi connectivity index (χ0v) is 10.5. The lowest BCUT2D eigenvalue weighted by molar-refractivity contribution is 0.465. The van der Waals surface area contributed by atoms with Crippen LogP contribution in [0.25, 0.3) is 0 Å². The molecule has 0 heterocycles. The van der Waals surface area contributed by atoms with Crippen LogP contribution in [-0.2, 0) is 10.0 Å². The molecular weight excluding hydrogens is 216 g/mol. The van der Waals surface area contributed by atoms with Crippen LogP contribution in [0, 0.1) is 0 Å². The Kier molecular flexibility index (Phi) is 5.02. The van der Waals surface area contributed by atoms with Gasteiger partial charge in [-0.1, -0.05) is 0 Å². The summed E-state index contributed by atoms with van der Waals surface area (Å²) in [5, 5.41) is 2.83. The van der Waals surface area contributed by atoms with Gasteiger partial charge in [0.25, 0.3) is 0 Å². The van der Waals surface area contributed by atoms with E-state index in [2.05, 4.69) is 15.0 Å². The molecule has 0 atom stereocenters. The first-order chi connectivity index (χ1) is 6.66. The van der Waals surface area contributed by atoms with Gasteiger partial charge in [0.2, 0.25) is 10.0 Å². The number of nitrogens with zero attached hydrogens (tertiary/aromatic N) is 1. The molecule has 6 nitrogen and oxygen atoms in total. The molecule has 0 aliphatic heterocycles. The van der Waals surface area contributed by atoms with Gasteiger partial charge < -0.3 is 11.1 Å². The van der Waals surface area contributed by atoms with E-state index in [9.17, 15) is 8.42 Å². The van der Waals surface area contributed by atoms with E-state index in [1.165, 1.54) is 0 Å². The van der Waals surface area contributed by atoms with Crippen molar-refractivity contribution in [3.63, 3.8) is 0 Å². The highest BCUT2D eigenvalue weighted by Crippen LogP contribution is 2.03. The molecule has 0 spiro atoms. The Bertz CT molecular complexity index is 322. The van der Waals surface area contributed by atoms with Crippen molar-refractivity contribution in [3.8, 4) is 0 Å². The summed E-state index contributed by atoms with van der Waals surface area (Å²) in [6, 6.07) is 0. The average molecular weight is 236 g/mol. The zero-order valence-electron chi connectivity index (χ0n) is 9.66. The Morgan fingerprint density at radius 3 is 2.40 bits per heavy atom. The lowest BCUT2D eigenvalue weighted by Gasteiger charge is -2.22. The molecule has 0 aliphatic rings. The summed E-state index contributed by atoms with van der Waals surface area (Å²) >= 11 is 0. The maximum atomic E-state index is 11.0. The molecule has 0 fully saturated rings. The van der Waals surface area contributed by atoms with Gasteiger partial charge in [0.1, 0.15) is 0 Å². The fraction of sp³-hybridized carbons (Fsp3) is 0.875. The molecule has 7 heteroatoms. The van der Waals surface area contributed by atoms with E-state index in [1.54, 1.807) is 13.8 Å². The smallest absolute Gasteiger partial charge is 0.209 e. The summed E-state index contributed by atoms with van der Waals surface area (Å²) in [6.07, 6.45) is 1.12. The van der Waals surface area contributed by atoms with Crippen LogP contribution in [-0.4, -0.2) is 39.3 Å². The number of nitrogens with one attached hydrogen (secondary N) is 2. The van der Waals surface area contributed by atoms with Crippen molar-refractivity contribution in [2.45, 2.75) is 26.3 Å². The molecule has 90 valence electrons. The lowest BCUT2D eigenvalue weighted by Crippen LogP contribution is -2.46. The van der Waals surface area contributed by atoms with Crippen LogP contribution in [0.4, 0.5) is 0 Å². The molecule has 0 aromatic heterocycles. The summed E-state index contributed by atoms with van der Waals surface area (Å²) in [5.74, 6) is 0.320. The third-order valence-corrected chi connectivity index (χ3v) is 2.39. The van der Waals surface area contributed by atoms with Crippen molar-refractivity contribution in [2.75, 3.05) is 19.3 Å². The first-order valence-corrected chi connectivity index (χ1v) is 6.58. The standard InChI is InChI=1S/C8H20N4O2S/c1-5-10-7(9)11-6-8(2,3)12-15(4,13)14/h12H,5-6H2,1-4H3,(H3,9,10,11). The summed E-state index contributed by atoms with van der Waals surface area (Å²) in [5.41, 5.74) is 4.89. The highest BCUT2D eigenvalue weighted by molar-refractivity contribution is 7.88. The number of guanidine groups is 1. The largest absolute Gasteiger partial charge is 0.370 e. The molecule has 0 amide bonds. The SMILES string of the molecule is CCNC(N)=NCC(C)(C)NS(C)(=O)=O. The van der Waals surface area contributed by atoms with Gasteiger partial charge in [0.15, 0.2) is 5.96 Å². The van der Waals surface area contributed by atoms with Crippen molar-refractivity contribution in [3.05, 3.63) is 0 Å². The van der Waals surface area contributed by atoms with Crippen LogP contribution in [0.2, 0.25) is 0 Å². The molecule has 0 rings (SSSR count). The van der Waals surface area contributed by atoms with E-state index >= 15 is 0 Å². The molecule has 0 aliphatic carbocycles. The lowest BCUT2D eigenvalue weighted by atomic mass is 10.1. The maximum absolute atomic E-state index is 11.0. The summed E-state index contributed by atoms with van der Waals surface area (Å²) in [6.45, 7) is 6.38.